The number of carboxylic acid groups (broad SMARTS) is 1. The number of aliphatic carboxylic acids is 1. The molecule has 0 saturated carbocycles. The number of hydrogen-bond acceptors (Lipinski definition) is 4. The maximum absolute atomic E-state index is 11.7. The normalized spacial score (nSPS) is 14.3. The minimum atomic E-state index is -0.887. The van der Waals surface area contributed by atoms with E-state index in [4.69, 9.17) is 14.6 Å². The fourth-order valence-corrected chi connectivity index (χ4v) is 2.16. The molecule has 1 aliphatic heterocycles. The highest BCUT2D eigenvalue weighted by Crippen LogP contribution is 2.30. The van der Waals surface area contributed by atoms with Gasteiger partial charge in [0.1, 0.15) is 13.2 Å². The molecule has 0 bridgehead atoms. The topological polar surface area (TPSA) is 84.9 Å². The van der Waals surface area contributed by atoms with Crippen LogP contribution >= 0.6 is 0 Å². The molecule has 2 N–H and O–H groups in total. The Hall–Kier alpha value is -2.24. The molecule has 1 aromatic rings. The first-order chi connectivity index (χ1) is 10.0. The van der Waals surface area contributed by atoms with E-state index in [2.05, 4.69) is 5.32 Å². The van der Waals surface area contributed by atoms with Crippen molar-refractivity contribution in [1.82, 2.24) is 5.32 Å². The van der Waals surface area contributed by atoms with Crippen LogP contribution in [-0.2, 0) is 16.1 Å². The number of amides is 1. The maximum atomic E-state index is 11.7. The van der Waals surface area contributed by atoms with E-state index < -0.39 is 5.97 Å². The second-order valence-electron chi connectivity index (χ2n) is 5.16. The van der Waals surface area contributed by atoms with Crippen LogP contribution in [0.5, 0.6) is 11.5 Å². The van der Waals surface area contributed by atoms with Gasteiger partial charge in [0.05, 0.1) is 0 Å². The molecule has 0 aliphatic carbocycles. The summed E-state index contributed by atoms with van der Waals surface area (Å²) in [4.78, 5) is 22.3. The van der Waals surface area contributed by atoms with Crippen LogP contribution in [0.4, 0.5) is 0 Å². The molecule has 6 nitrogen and oxygen atoms in total. The van der Waals surface area contributed by atoms with Crippen molar-refractivity contribution in [3.8, 4) is 11.5 Å². The quantitative estimate of drug-likeness (QED) is 0.831. The average Bonchev–Trinajstić information content (AvgIpc) is 2.44. The number of hydrogen-bond donors (Lipinski definition) is 2. The Labute approximate surface area is 123 Å². The fourth-order valence-electron chi connectivity index (χ4n) is 2.16. The van der Waals surface area contributed by atoms with Gasteiger partial charge in [-0.15, -0.1) is 0 Å². The summed E-state index contributed by atoms with van der Waals surface area (Å²) >= 11 is 0. The maximum Gasteiger partial charge on any atom is 0.303 e. The SMILES string of the molecule is CC(CC(=O)O)CC(=O)NCc1ccc2c(c1)OCCO2. The minimum Gasteiger partial charge on any atom is -0.486 e. The van der Waals surface area contributed by atoms with Crippen molar-refractivity contribution in [2.45, 2.75) is 26.3 Å². The first-order valence-electron chi connectivity index (χ1n) is 6.91. The van der Waals surface area contributed by atoms with Crippen LogP contribution in [0.3, 0.4) is 0 Å². The van der Waals surface area contributed by atoms with Crippen LogP contribution < -0.4 is 14.8 Å². The Kier molecular flexibility index (Phi) is 5.03. The number of carbonyl (C=O) groups is 2. The molecule has 21 heavy (non-hydrogen) atoms. The van der Waals surface area contributed by atoms with Crippen molar-refractivity contribution in [3.05, 3.63) is 23.8 Å². The Bertz CT molecular complexity index is 529. The summed E-state index contributed by atoms with van der Waals surface area (Å²) in [6.07, 6.45) is 0.203. The van der Waals surface area contributed by atoms with Crippen LogP contribution in [0.25, 0.3) is 0 Å². The zero-order valence-corrected chi connectivity index (χ0v) is 11.9. The van der Waals surface area contributed by atoms with Crippen LogP contribution in [0.15, 0.2) is 18.2 Å². The van der Waals surface area contributed by atoms with Crippen LogP contribution in [0, 0.1) is 5.92 Å². The molecule has 6 heteroatoms. The lowest BCUT2D eigenvalue weighted by Crippen LogP contribution is -2.25. The van der Waals surface area contributed by atoms with E-state index in [0.29, 0.717) is 31.3 Å². The number of carbonyl (C=O) groups excluding carboxylic acids is 1. The number of ether oxygens (including phenoxy) is 2. The first-order valence-corrected chi connectivity index (χ1v) is 6.91. The fraction of sp³-hybridized carbons (Fsp3) is 0.467. The van der Waals surface area contributed by atoms with Gasteiger partial charge in [-0.2, -0.15) is 0 Å². The van der Waals surface area contributed by atoms with Crippen LogP contribution in [-0.4, -0.2) is 30.2 Å². The molecule has 1 unspecified atom stereocenters. The molecule has 1 atom stereocenters. The number of nitrogens with one attached hydrogen (secondary N) is 1. The van der Waals surface area contributed by atoms with Gasteiger partial charge in [-0.1, -0.05) is 13.0 Å². The molecule has 114 valence electrons. The molecule has 2 rings (SSSR count). The summed E-state index contributed by atoms with van der Waals surface area (Å²) in [6.45, 7) is 3.20. The van der Waals surface area contributed by atoms with E-state index in [-0.39, 0.29) is 24.7 Å². The lowest BCUT2D eigenvalue weighted by atomic mass is 10.0. The first kappa shape index (κ1) is 15.2. The summed E-state index contributed by atoms with van der Waals surface area (Å²) in [6, 6.07) is 5.53. The highest BCUT2D eigenvalue weighted by Gasteiger charge is 2.14. The van der Waals surface area contributed by atoms with E-state index in [1.54, 1.807) is 6.92 Å². The standard InChI is InChI=1S/C15H19NO5/c1-10(7-15(18)19)6-14(17)16-9-11-2-3-12-13(8-11)21-5-4-20-12/h2-3,8,10H,4-7,9H2,1H3,(H,16,17)(H,18,19). The molecule has 0 spiro atoms. The third-order valence-corrected chi connectivity index (χ3v) is 3.15. The molecule has 1 aromatic carbocycles. The predicted octanol–water partition coefficient (Wildman–Crippen LogP) is 1.57. The molecule has 0 saturated heterocycles. The molecule has 0 radical (unpaired) electrons. The smallest absolute Gasteiger partial charge is 0.303 e. The summed E-state index contributed by atoms with van der Waals surface area (Å²) in [5, 5.41) is 11.4. The van der Waals surface area contributed by atoms with E-state index >= 15 is 0 Å². The summed E-state index contributed by atoms with van der Waals surface area (Å²) in [7, 11) is 0. The van der Waals surface area contributed by atoms with Gasteiger partial charge in [-0.25, -0.2) is 0 Å². The zero-order chi connectivity index (χ0) is 15.2. The van der Waals surface area contributed by atoms with Gasteiger partial charge in [0.2, 0.25) is 5.91 Å². The molecule has 1 aliphatic rings. The van der Waals surface area contributed by atoms with Crippen molar-refractivity contribution in [1.29, 1.82) is 0 Å². The Morgan fingerprint density at radius 1 is 1.24 bits per heavy atom. The van der Waals surface area contributed by atoms with E-state index in [0.717, 1.165) is 5.56 Å². The van der Waals surface area contributed by atoms with Gasteiger partial charge in [0, 0.05) is 19.4 Å². The monoisotopic (exact) mass is 293 g/mol. The van der Waals surface area contributed by atoms with Gasteiger partial charge in [0.15, 0.2) is 11.5 Å². The van der Waals surface area contributed by atoms with Gasteiger partial charge < -0.3 is 19.9 Å². The molecule has 0 fully saturated rings. The van der Waals surface area contributed by atoms with Gasteiger partial charge in [0.25, 0.3) is 0 Å². The third-order valence-electron chi connectivity index (χ3n) is 3.15. The molecular formula is C15H19NO5. The Balaban J connectivity index is 1.82. The van der Waals surface area contributed by atoms with Gasteiger partial charge >= 0.3 is 5.97 Å². The van der Waals surface area contributed by atoms with Crippen LogP contribution in [0.2, 0.25) is 0 Å². The highest BCUT2D eigenvalue weighted by atomic mass is 16.6. The number of carboxylic acids is 1. The largest absolute Gasteiger partial charge is 0.486 e. The Morgan fingerprint density at radius 3 is 2.67 bits per heavy atom. The highest BCUT2D eigenvalue weighted by molar-refractivity contribution is 5.77. The lowest BCUT2D eigenvalue weighted by Gasteiger charge is -2.19. The lowest BCUT2D eigenvalue weighted by molar-refractivity contribution is -0.138. The minimum absolute atomic E-state index is 0.00254. The molecule has 1 heterocycles. The molecule has 1 amide bonds. The van der Waals surface area contributed by atoms with Crippen LogP contribution in [0.1, 0.15) is 25.3 Å². The summed E-state index contributed by atoms with van der Waals surface area (Å²) in [5.74, 6) is 0.183. The van der Waals surface area contributed by atoms with E-state index in [1.165, 1.54) is 0 Å². The number of benzene rings is 1. The van der Waals surface area contributed by atoms with Crippen molar-refractivity contribution >= 4 is 11.9 Å². The Morgan fingerprint density at radius 2 is 1.95 bits per heavy atom. The van der Waals surface area contributed by atoms with Crippen molar-refractivity contribution in [2.24, 2.45) is 5.92 Å². The van der Waals surface area contributed by atoms with Crippen molar-refractivity contribution in [2.75, 3.05) is 13.2 Å². The van der Waals surface area contributed by atoms with E-state index in [9.17, 15) is 9.59 Å². The average molecular weight is 293 g/mol. The summed E-state index contributed by atoms with van der Waals surface area (Å²) in [5.41, 5.74) is 0.915. The number of fused-ring (bicyclic) bond motifs is 1. The van der Waals surface area contributed by atoms with Crippen molar-refractivity contribution in [3.63, 3.8) is 0 Å². The van der Waals surface area contributed by atoms with E-state index in [1.807, 2.05) is 18.2 Å². The number of rotatable bonds is 6. The van der Waals surface area contributed by atoms with Crippen molar-refractivity contribution < 1.29 is 24.2 Å². The second-order valence-corrected chi connectivity index (χ2v) is 5.16. The summed E-state index contributed by atoms with van der Waals surface area (Å²) < 4.78 is 10.9. The second kappa shape index (κ2) is 6.97. The third kappa shape index (κ3) is 4.66. The molecule has 0 aromatic heterocycles. The zero-order valence-electron chi connectivity index (χ0n) is 11.9. The van der Waals surface area contributed by atoms with Gasteiger partial charge in [-0.05, 0) is 23.6 Å². The molecular weight excluding hydrogens is 274 g/mol. The van der Waals surface area contributed by atoms with Gasteiger partial charge in [-0.3, -0.25) is 9.59 Å². The predicted molar refractivity (Wildman–Crippen MR) is 75.3 cm³/mol.